The normalized spacial score (nSPS) is 25.8. The number of nitrogens with one attached hydrogen (secondary N) is 3. The number of hydroxylamine groups is 1. The summed E-state index contributed by atoms with van der Waals surface area (Å²) in [4.78, 5) is 77.0. The Morgan fingerprint density at radius 1 is 1.04 bits per heavy atom. The first-order valence-electron chi connectivity index (χ1n) is 18.3. The van der Waals surface area contributed by atoms with Crippen LogP contribution in [0.3, 0.4) is 0 Å². The zero-order valence-electron chi connectivity index (χ0n) is 30.6. The SMILES string of the molecule is Cc1cccc(ONC(=O)[C@@]23C[C@H]2C=CCCCCC[C@H](NC(=O)OC(C)(C)C)C(=O)N2C[C@H](OC(=O)N4Cc5cccc(F)c5C4)C[C@H]2C(=O)N3)c1. The predicted molar refractivity (Wildman–Crippen MR) is 190 cm³/mol. The highest BCUT2D eigenvalue weighted by atomic mass is 19.1. The van der Waals surface area contributed by atoms with Crippen molar-refractivity contribution >= 4 is 29.9 Å². The zero-order chi connectivity index (χ0) is 37.9. The van der Waals surface area contributed by atoms with E-state index >= 15 is 0 Å². The van der Waals surface area contributed by atoms with E-state index in [0.717, 1.165) is 24.8 Å². The summed E-state index contributed by atoms with van der Waals surface area (Å²) in [6.45, 7) is 7.09. The Labute approximate surface area is 308 Å². The molecule has 0 spiro atoms. The van der Waals surface area contributed by atoms with Crippen molar-refractivity contribution in [2.75, 3.05) is 6.54 Å². The lowest BCUT2D eigenvalue weighted by molar-refractivity contribution is -0.142. The number of fused-ring (bicyclic) bond motifs is 3. The summed E-state index contributed by atoms with van der Waals surface area (Å²) in [5, 5.41) is 5.64. The number of ether oxygens (including phenoxy) is 2. The lowest BCUT2D eigenvalue weighted by Gasteiger charge is -2.30. The van der Waals surface area contributed by atoms with Gasteiger partial charge >= 0.3 is 12.2 Å². The number of amides is 5. The summed E-state index contributed by atoms with van der Waals surface area (Å²) in [5.74, 6) is -2.00. The van der Waals surface area contributed by atoms with Gasteiger partial charge in [0.05, 0.1) is 13.1 Å². The van der Waals surface area contributed by atoms with Crippen molar-refractivity contribution in [3.05, 3.63) is 77.1 Å². The number of allylic oxidation sites excluding steroid dienone is 1. The van der Waals surface area contributed by atoms with Gasteiger partial charge in [0, 0.05) is 24.4 Å². The molecule has 1 aliphatic carbocycles. The van der Waals surface area contributed by atoms with Gasteiger partial charge in [0.25, 0.3) is 5.91 Å². The maximum Gasteiger partial charge on any atom is 0.410 e. The molecule has 2 aromatic rings. The van der Waals surface area contributed by atoms with E-state index in [1.54, 1.807) is 51.1 Å². The smallest absolute Gasteiger partial charge is 0.410 e. The molecule has 13 nitrogen and oxygen atoms in total. The van der Waals surface area contributed by atoms with Crippen molar-refractivity contribution in [3.8, 4) is 5.75 Å². The van der Waals surface area contributed by atoms with Gasteiger partial charge in [-0.15, -0.1) is 0 Å². The summed E-state index contributed by atoms with van der Waals surface area (Å²) in [7, 11) is 0. The predicted octanol–water partition coefficient (Wildman–Crippen LogP) is 4.95. The molecule has 0 aromatic heterocycles. The Morgan fingerprint density at radius 3 is 2.58 bits per heavy atom. The molecule has 284 valence electrons. The molecule has 14 heteroatoms. The summed E-state index contributed by atoms with van der Waals surface area (Å²) in [6, 6.07) is 9.65. The Balaban J connectivity index is 1.24. The first kappa shape index (κ1) is 37.6. The van der Waals surface area contributed by atoms with Crippen LogP contribution in [-0.2, 0) is 36.9 Å². The van der Waals surface area contributed by atoms with Crippen LogP contribution in [0, 0.1) is 18.7 Å². The Morgan fingerprint density at radius 2 is 1.83 bits per heavy atom. The molecule has 4 aliphatic rings. The van der Waals surface area contributed by atoms with Gasteiger partial charge in [-0.1, -0.05) is 49.3 Å². The summed E-state index contributed by atoms with van der Waals surface area (Å²) in [5.41, 5.74) is 2.37. The monoisotopic (exact) mass is 733 g/mol. The molecular weight excluding hydrogens is 685 g/mol. The minimum Gasteiger partial charge on any atom is -0.444 e. The number of carbonyl (C=O) groups is 5. The molecule has 0 unspecified atom stereocenters. The lowest BCUT2D eigenvalue weighted by atomic mass is 10.0. The van der Waals surface area contributed by atoms with Crippen molar-refractivity contribution in [2.24, 2.45) is 5.92 Å². The average molecular weight is 734 g/mol. The quantitative estimate of drug-likeness (QED) is 0.288. The highest BCUT2D eigenvalue weighted by Crippen LogP contribution is 2.45. The molecule has 6 rings (SSSR count). The highest BCUT2D eigenvalue weighted by Gasteiger charge is 2.61. The van der Waals surface area contributed by atoms with Crippen LogP contribution in [0.25, 0.3) is 0 Å². The van der Waals surface area contributed by atoms with Crippen LogP contribution >= 0.6 is 0 Å². The average Bonchev–Trinajstić information content (AvgIpc) is 3.39. The fraction of sp³-hybridized carbons (Fsp3) is 0.513. The van der Waals surface area contributed by atoms with Crippen LogP contribution in [0.2, 0.25) is 0 Å². The molecule has 3 heterocycles. The van der Waals surface area contributed by atoms with Crippen LogP contribution in [0.1, 0.15) is 82.4 Å². The number of rotatable bonds is 5. The van der Waals surface area contributed by atoms with Crippen LogP contribution in [0.15, 0.2) is 54.6 Å². The van der Waals surface area contributed by atoms with Gasteiger partial charge in [-0.25, -0.2) is 14.0 Å². The first-order valence-corrected chi connectivity index (χ1v) is 18.3. The van der Waals surface area contributed by atoms with Crippen LogP contribution in [0.4, 0.5) is 14.0 Å². The molecule has 1 saturated carbocycles. The molecule has 0 radical (unpaired) electrons. The number of alkyl carbamates (subject to hydrolysis) is 1. The summed E-state index contributed by atoms with van der Waals surface area (Å²) < 4.78 is 25.8. The number of halogens is 1. The number of hydrogen-bond acceptors (Lipinski definition) is 8. The second kappa shape index (κ2) is 15.5. The van der Waals surface area contributed by atoms with Gasteiger partial charge in [0.15, 0.2) is 5.75 Å². The van der Waals surface area contributed by atoms with Crippen molar-refractivity contribution < 1.29 is 42.7 Å². The number of hydrogen-bond donors (Lipinski definition) is 3. The Hall–Kier alpha value is -5.14. The van der Waals surface area contributed by atoms with E-state index in [-0.39, 0.29) is 32.0 Å². The van der Waals surface area contributed by atoms with Gasteiger partial charge in [0.2, 0.25) is 11.8 Å². The van der Waals surface area contributed by atoms with Gasteiger partial charge in [-0.2, -0.15) is 5.48 Å². The van der Waals surface area contributed by atoms with Crippen LogP contribution < -0.4 is 21.0 Å². The van der Waals surface area contributed by atoms with Crippen molar-refractivity contribution in [1.82, 2.24) is 25.9 Å². The molecule has 3 aliphatic heterocycles. The van der Waals surface area contributed by atoms with Crippen molar-refractivity contribution in [1.29, 1.82) is 0 Å². The minimum absolute atomic E-state index is 0.0269. The first-order chi connectivity index (χ1) is 25.2. The maximum absolute atomic E-state index is 14.4. The van der Waals surface area contributed by atoms with Gasteiger partial charge in [-0.05, 0) is 82.7 Å². The molecule has 2 aromatic carbocycles. The number of carbonyl (C=O) groups excluding carboxylic acids is 5. The molecule has 5 atom stereocenters. The second-order valence-electron chi connectivity index (χ2n) is 15.4. The third-order valence-electron chi connectivity index (χ3n) is 10.0. The van der Waals surface area contributed by atoms with Crippen LogP contribution in [-0.4, -0.2) is 75.6 Å². The topological polar surface area (TPSA) is 156 Å². The van der Waals surface area contributed by atoms with E-state index < -0.39 is 65.1 Å². The summed E-state index contributed by atoms with van der Waals surface area (Å²) in [6.07, 6.45) is 5.01. The van der Waals surface area contributed by atoms with Crippen molar-refractivity contribution in [2.45, 2.75) is 115 Å². The van der Waals surface area contributed by atoms with Crippen LogP contribution in [0.5, 0.6) is 5.75 Å². The van der Waals surface area contributed by atoms with Gasteiger partial charge < -0.3 is 29.8 Å². The fourth-order valence-electron chi connectivity index (χ4n) is 7.22. The Bertz CT molecular complexity index is 1780. The van der Waals surface area contributed by atoms with E-state index in [4.69, 9.17) is 14.3 Å². The number of nitrogens with zero attached hydrogens (tertiary/aromatic N) is 2. The third-order valence-corrected chi connectivity index (χ3v) is 10.0. The summed E-state index contributed by atoms with van der Waals surface area (Å²) >= 11 is 0. The number of aryl methyl sites for hydroxylation is 1. The second-order valence-corrected chi connectivity index (χ2v) is 15.4. The third kappa shape index (κ3) is 8.91. The largest absolute Gasteiger partial charge is 0.444 e. The maximum atomic E-state index is 14.4. The standard InChI is InChI=1S/C39H48FN5O8/c1-24-12-10-15-27(18-24)53-43-35(48)39-20-26(39)14-8-6-5-7-9-17-31(41-36(49)52-38(2,3)4)34(47)45-22-28(19-32(45)33(46)42-39)51-37(50)44-21-25-13-11-16-30(40)29(25)23-44/h8,10-16,18,26,28,31-32H,5-7,9,17,19-23H2,1-4H3,(H,41,49)(H,42,46)(H,43,48)/t26-,28-,31+,32+,39-/m1/s1. The fourth-order valence-corrected chi connectivity index (χ4v) is 7.22. The molecule has 53 heavy (non-hydrogen) atoms. The molecular formula is C39H48FN5O8. The van der Waals surface area contributed by atoms with E-state index in [9.17, 15) is 28.4 Å². The molecule has 1 saturated heterocycles. The molecule has 5 amide bonds. The van der Waals surface area contributed by atoms with E-state index in [0.29, 0.717) is 36.1 Å². The van der Waals surface area contributed by atoms with Crippen molar-refractivity contribution in [3.63, 3.8) is 0 Å². The van der Waals surface area contributed by atoms with E-state index in [2.05, 4.69) is 16.1 Å². The Kier molecular flexibility index (Phi) is 11.0. The lowest BCUT2D eigenvalue weighted by Crippen LogP contribution is -2.58. The molecule has 0 bridgehead atoms. The molecule has 3 N–H and O–H groups in total. The van der Waals surface area contributed by atoms with E-state index in [1.165, 1.54) is 15.9 Å². The number of benzene rings is 2. The molecule has 2 fully saturated rings. The van der Waals surface area contributed by atoms with E-state index in [1.807, 2.05) is 25.1 Å². The minimum atomic E-state index is -1.35. The zero-order valence-corrected chi connectivity index (χ0v) is 30.6. The van der Waals surface area contributed by atoms with Gasteiger partial charge in [0.1, 0.15) is 35.1 Å². The van der Waals surface area contributed by atoms with Gasteiger partial charge in [-0.3, -0.25) is 19.3 Å². The highest BCUT2D eigenvalue weighted by molar-refractivity contribution is 5.98.